The fourth-order valence-corrected chi connectivity index (χ4v) is 2.92. The molecule has 0 bridgehead atoms. The first-order chi connectivity index (χ1) is 15.8. The topological polar surface area (TPSA) is 112 Å². The van der Waals surface area contributed by atoms with Crippen LogP contribution < -0.4 is 24.8 Å². The molecule has 2 aromatic carbocycles. The number of carbonyl (C=O) groups is 3. The quantitative estimate of drug-likeness (QED) is 0.498. The highest BCUT2D eigenvalue weighted by atomic mass is 16.5. The lowest BCUT2D eigenvalue weighted by molar-refractivity contribution is -0.150. The number of amides is 2. The molecule has 0 unspecified atom stereocenters. The first kappa shape index (κ1) is 25.5. The molecule has 0 heterocycles. The van der Waals surface area contributed by atoms with E-state index in [1.807, 2.05) is 6.92 Å². The minimum Gasteiger partial charge on any atom is -0.497 e. The third-order valence-electron chi connectivity index (χ3n) is 4.66. The van der Waals surface area contributed by atoms with Crippen LogP contribution in [0.3, 0.4) is 0 Å². The molecule has 0 aliphatic carbocycles. The van der Waals surface area contributed by atoms with Crippen molar-refractivity contribution in [3.8, 4) is 17.2 Å². The van der Waals surface area contributed by atoms with E-state index in [2.05, 4.69) is 10.6 Å². The lowest BCUT2D eigenvalue weighted by atomic mass is 10.0. The lowest BCUT2D eigenvalue weighted by Crippen LogP contribution is -2.45. The predicted molar refractivity (Wildman–Crippen MR) is 123 cm³/mol. The lowest BCUT2D eigenvalue weighted by Gasteiger charge is -2.21. The molecule has 2 rings (SSSR count). The Morgan fingerprint density at radius 3 is 2.18 bits per heavy atom. The number of methoxy groups -OCH3 is 2. The number of carbonyl (C=O) groups excluding carboxylic acids is 3. The summed E-state index contributed by atoms with van der Waals surface area (Å²) in [6, 6.07) is 10.6. The summed E-state index contributed by atoms with van der Waals surface area (Å²) in [5.74, 6) is -0.358. The van der Waals surface area contributed by atoms with Gasteiger partial charge < -0.3 is 29.6 Å². The highest BCUT2D eigenvalue weighted by molar-refractivity contribution is 5.98. The van der Waals surface area contributed by atoms with Gasteiger partial charge in [0.05, 0.1) is 26.5 Å². The maximum Gasteiger partial charge on any atom is 0.329 e. The van der Waals surface area contributed by atoms with E-state index in [0.717, 1.165) is 0 Å². The van der Waals surface area contributed by atoms with Crippen molar-refractivity contribution in [3.63, 3.8) is 0 Å². The van der Waals surface area contributed by atoms with Crippen LogP contribution in [-0.2, 0) is 14.3 Å². The van der Waals surface area contributed by atoms with Crippen molar-refractivity contribution in [1.82, 2.24) is 5.32 Å². The van der Waals surface area contributed by atoms with E-state index in [1.165, 1.54) is 14.2 Å². The average Bonchev–Trinajstić information content (AvgIpc) is 2.81. The van der Waals surface area contributed by atoms with Crippen LogP contribution in [0.15, 0.2) is 42.5 Å². The van der Waals surface area contributed by atoms with Gasteiger partial charge in [0.15, 0.2) is 6.61 Å². The van der Waals surface area contributed by atoms with Crippen molar-refractivity contribution in [2.45, 2.75) is 26.8 Å². The zero-order chi connectivity index (χ0) is 24.4. The smallest absolute Gasteiger partial charge is 0.329 e. The standard InChI is InChI=1S/C24H30N2O7/c1-6-32-17-9-7-16(8-10-17)23(28)26-22(15(2)3)24(29)33-14-21(27)25-19-13-18(30-4)11-12-20(19)31-5/h7-13,15,22H,6,14H2,1-5H3,(H,25,27)(H,26,28)/t22-/m0/s1. The van der Waals surface area contributed by atoms with Crippen molar-refractivity contribution in [2.75, 3.05) is 32.8 Å². The summed E-state index contributed by atoms with van der Waals surface area (Å²) in [5, 5.41) is 5.29. The molecular weight excluding hydrogens is 428 g/mol. The molecule has 0 radical (unpaired) electrons. The van der Waals surface area contributed by atoms with Crippen LogP contribution in [0.2, 0.25) is 0 Å². The van der Waals surface area contributed by atoms with Crippen LogP contribution in [-0.4, -0.2) is 51.3 Å². The van der Waals surface area contributed by atoms with Crippen LogP contribution in [0.25, 0.3) is 0 Å². The summed E-state index contributed by atoms with van der Waals surface area (Å²) in [5.41, 5.74) is 0.752. The molecule has 2 aromatic rings. The van der Waals surface area contributed by atoms with E-state index in [-0.39, 0.29) is 5.92 Å². The van der Waals surface area contributed by atoms with Crippen LogP contribution >= 0.6 is 0 Å². The van der Waals surface area contributed by atoms with Gasteiger partial charge in [0.2, 0.25) is 0 Å². The molecule has 0 aliphatic rings. The van der Waals surface area contributed by atoms with Crippen molar-refractivity contribution >= 4 is 23.5 Å². The van der Waals surface area contributed by atoms with Gasteiger partial charge in [0.25, 0.3) is 11.8 Å². The third-order valence-corrected chi connectivity index (χ3v) is 4.66. The Balaban J connectivity index is 1.97. The molecule has 2 N–H and O–H groups in total. The molecule has 0 aliphatic heterocycles. The van der Waals surface area contributed by atoms with E-state index in [1.54, 1.807) is 56.3 Å². The van der Waals surface area contributed by atoms with Gasteiger partial charge in [0, 0.05) is 11.6 Å². The fraction of sp³-hybridized carbons (Fsp3) is 0.375. The number of benzene rings is 2. The molecule has 0 saturated heterocycles. The summed E-state index contributed by atoms with van der Waals surface area (Å²) in [6.07, 6.45) is 0. The van der Waals surface area contributed by atoms with Gasteiger partial charge in [-0.1, -0.05) is 13.8 Å². The van der Waals surface area contributed by atoms with E-state index in [4.69, 9.17) is 18.9 Å². The molecule has 178 valence electrons. The molecule has 0 fully saturated rings. The number of nitrogens with one attached hydrogen (secondary N) is 2. The van der Waals surface area contributed by atoms with Crippen molar-refractivity contribution in [3.05, 3.63) is 48.0 Å². The molecule has 2 amide bonds. The van der Waals surface area contributed by atoms with Crippen molar-refractivity contribution in [1.29, 1.82) is 0 Å². The second-order valence-electron chi connectivity index (χ2n) is 7.37. The second kappa shape index (κ2) is 12.3. The zero-order valence-electron chi connectivity index (χ0n) is 19.5. The second-order valence-corrected chi connectivity index (χ2v) is 7.37. The van der Waals surface area contributed by atoms with Crippen LogP contribution in [0, 0.1) is 5.92 Å². The largest absolute Gasteiger partial charge is 0.497 e. The molecule has 1 atom stereocenters. The number of anilines is 1. The van der Waals surface area contributed by atoms with Gasteiger partial charge in [-0.15, -0.1) is 0 Å². The summed E-state index contributed by atoms with van der Waals surface area (Å²) in [4.78, 5) is 37.5. The Morgan fingerprint density at radius 1 is 0.939 bits per heavy atom. The number of ether oxygens (including phenoxy) is 4. The minimum atomic E-state index is -0.928. The molecule has 9 nitrogen and oxygen atoms in total. The fourth-order valence-electron chi connectivity index (χ4n) is 2.92. The van der Waals surface area contributed by atoms with Gasteiger partial charge >= 0.3 is 5.97 Å². The Labute approximate surface area is 193 Å². The van der Waals surface area contributed by atoms with Gasteiger partial charge in [-0.3, -0.25) is 9.59 Å². The maximum absolute atomic E-state index is 12.6. The molecular formula is C24H30N2O7. The van der Waals surface area contributed by atoms with Gasteiger partial charge in [-0.05, 0) is 49.2 Å². The Morgan fingerprint density at radius 2 is 1.61 bits per heavy atom. The van der Waals surface area contributed by atoms with Gasteiger partial charge in [-0.25, -0.2) is 4.79 Å². The summed E-state index contributed by atoms with van der Waals surface area (Å²) >= 11 is 0. The highest BCUT2D eigenvalue weighted by Crippen LogP contribution is 2.28. The van der Waals surface area contributed by atoms with Crippen molar-refractivity contribution < 1.29 is 33.3 Å². The predicted octanol–water partition coefficient (Wildman–Crippen LogP) is 3.04. The number of hydrogen-bond acceptors (Lipinski definition) is 7. The molecule has 0 saturated carbocycles. The van der Waals surface area contributed by atoms with Crippen LogP contribution in [0.5, 0.6) is 17.2 Å². The maximum atomic E-state index is 12.6. The third kappa shape index (κ3) is 7.41. The van der Waals surface area contributed by atoms with E-state index < -0.39 is 30.4 Å². The highest BCUT2D eigenvalue weighted by Gasteiger charge is 2.27. The summed E-state index contributed by atoms with van der Waals surface area (Å²) in [7, 11) is 2.97. The van der Waals surface area contributed by atoms with Crippen LogP contribution in [0.1, 0.15) is 31.1 Å². The number of rotatable bonds is 11. The van der Waals surface area contributed by atoms with Crippen molar-refractivity contribution in [2.24, 2.45) is 5.92 Å². The molecule has 0 aromatic heterocycles. The Bertz CT molecular complexity index is 958. The SMILES string of the molecule is CCOc1ccc(C(=O)N[C@H](C(=O)OCC(=O)Nc2cc(OC)ccc2OC)C(C)C)cc1. The summed E-state index contributed by atoms with van der Waals surface area (Å²) < 4.78 is 20.9. The van der Waals surface area contributed by atoms with Crippen LogP contribution in [0.4, 0.5) is 5.69 Å². The molecule has 9 heteroatoms. The monoisotopic (exact) mass is 458 g/mol. The number of hydrogen-bond donors (Lipinski definition) is 2. The minimum absolute atomic E-state index is 0.259. The zero-order valence-corrected chi connectivity index (χ0v) is 19.5. The molecule has 0 spiro atoms. The van der Waals surface area contributed by atoms with E-state index in [0.29, 0.717) is 35.1 Å². The van der Waals surface area contributed by atoms with Gasteiger partial charge in [-0.2, -0.15) is 0 Å². The first-order valence-corrected chi connectivity index (χ1v) is 10.5. The average molecular weight is 459 g/mol. The Kier molecular flexibility index (Phi) is 9.53. The Hall–Kier alpha value is -3.75. The van der Waals surface area contributed by atoms with E-state index in [9.17, 15) is 14.4 Å². The first-order valence-electron chi connectivity index (χ1n) is 10.5. The molecule has 33 heavy (non-hydrogen) atoms. The summed E-state index contributed by atoms with van der Waals surface area (Å²) in [6.45, 7) is 5.40. The van der Waals surface area contributed by atoms with Gasteiger partial charge in [0.1, 0.15) is 23.3 Å². The normalized spacial score (nSPS) is 11.3. The van der Waals surface area contributed by atoms with E-state index >= 15 is 0 Å². The number of esters is 1.